The highest BCUT2D eigenvalue weighted by Crippen LogP contribution is 2.48. The molecule has 14 aromatic carbocycles. The Hall–Kier alpha value is -11.0. The molecule has 0 radical (unpaired) electrons. The number of ketones is 1. The molecule has 0 fully saturated rings. The number of carbonyl (C=O) groups excluding carboxylic acids is 1. The molecular weight excluding hydrogens is 997 g/mol. The lowest BCUT2D eigenvalue weighted by Gasteiger charge is -2.32. The quantitative estimate of drug-likeness (QED) is 0.101. The van der Waals surface area contributed by atoms with Crippen molar-refractivity contribution in [3.05, 3.63) is 339 Å². The van der Waals surface area contributed by atoms with Crippen molar-refractivity contribution in [2.75, 3.05) is 19.6 Å². The summed E-state index contributed by atoms with van der Waals surface area (Å²) in [6.45, 7) is 0. The van der Waals surface area contributed by atoms with Gasteiger partial charge in [0.15, 0.2) is 5.78 Å². The fourth-order valence-corrected chi connectivity index (χ4v) is 11.8. The first-order valence-corrected chi connectivity index (χ1v) is 27.8. The minimum absolute atomic E-state index is 0.139. The smallest absolute Gasteiger partial charge is 0.193 e. The van der Waals surface area contributed by atoms with Crippen molar-refractivity contribution in [1.29, 1.82) is 0 Å². The van der Waals surface area contributed by atoms with Crippen molar-refractivity contribution in [2.24, 2.45) is 0 Å². The van der Waals surface area contributed by atoms with Crippen LogP contribution in [0.3, 0.4) is 0 Å². The molecule has 0 N–H and O–H groups in total. The number of nitrogens with zero attached hydrogens (tertiary/aromatic N) is 4. The third-order valence-corrected chi connectivity index (χ3v) is 15.4. The van der Waals surface area contributed by atoms with Gasteiger partial charge in [-0.3, -0.25) is 4.79 Å². The molecule has 0 bridgehead atoms. The molecule has 0 spiro atoms. The van der Waals surface area contributed by atoms with Crippen LogP contribution >= 0.6 is 0 Å². The number of rotatable bonds is 14. The van der Waals surface area contributed by atoms with Gasteiger partial charge in [-0.05, 0) is 131 Å². The number of para-hydroxylation sites is 4. The Morgan fingerprint density at radius 1 is 0.195 bits per heavy atom. The number of benzene rings is 14. The zero-order valence-corrected chi connectivity index (χ0v) is 44.9. The summed E-state index contributed by atoms with van der Waals surface area (Å²) in [5, 5.41) is 8.80. The van der Waals surface area contributed by atoms with Crippen LogP contribution in [0, 0.1) is 0 Å². The predicted molar refractivity (Wildman–Crippen MR) is 345 cm³/mol. The third-order valence-electron chi connectivity index (χ3n) is 15.4. The standard InChI is InChI=1S/C77H54N4O/c82-77(59-49-65(78(61-33-5-1-6-34-61)73-45-21-29-55-25-13-17-41-69(55)73)53-66(50-59)79(62-35-7-2-8-36-62)74-46-22-30-56-26-14-18-42-70(56)74)60-51-67(80(63-37-9-3-10-38-63)75-47-23-31-57-27-15-19-43-71(57)75)54-68(52-60)81(64-39-11-4-12-40-64)76-48-24-32-58-28-16-20-44-72(58)76/h1-54H. The summed E-state index contributed by atoms with van der Waals surface area (Å²) < 4.78 is 0. The maximum absolute atomic E-state index is 16.8. The Morgan fingerprint density at radius 2 is 0.402 bits per heavy atom. The van der Waals surface area contributed by atoms with Gasteiger partial charge in [0.1, 0.15) is 0 Å². The minimum Gasteiger partial charge on any atom is -0.310 e. The fourth-order valence-electron chi connectivity index (χ4n) is 11.8. The van der Waals surface area contributed by atoms with Crippen LogP contribution in [0.5, 0.6) is 0 Å². The van der Waals surface area contributed by atoms with Crippen LogP contribution in [-0.4, -0.2) is 5.78 Å². The molecule has 0 aliphatic carbocycles. The Kier molecular flexibility index (Phi) is 13.0. The molecule has 14 aromatic rings. The van der Waals surface area contributed by atoms with Crippen LogP contribution < -0.4 is 19.6 Å². The lowest BCUT2D eigenvalue weighted by atomic mass is 9.97. The van der Waals surface area contributed by atoms with Gasteiger partial charge >= 0.3 is 0 Å². The maximum Gasteiger partial charge on any atom is 0.193 e. The summed E-state index contributed by atoms with van der Waals surface area (Å²) in [5.74, 6) is -0.139. The Labute approximate surface area is 477 Å². The van der Waals surface area contributed by atoms with Crippen molar-refractivity contribution in [1.82, 2.24) is 0 Å². The van der Waals surface area contributed by atoms with Crippen molar-refractivity contribution in [3.8, 4) is 0 Å². The zero-order valence-electron chi connectivity index (χ0n) is 44.9. The average molecular weight is 1050 g/mol. The van der Waals surface area contributed by atoms with Crippen molar-refractivity contribution < 1.29 is 4.79 Å². The van der Waals surface area contributed by atoms with Crippen molar-refractivity contribution >= 4 is 117 Å². The molecule has 82 heavy (non-hydrogen) atoms. The largest absolute Gasteiger partial charge is 0.310 e. The number of hydrogen-bond donors (Lipinski definition) is 0. The van der Waals surface area contributed by atoms with E-state index < -0.39 is 0 Å². The molecule has 0 aromatic heterocycles. The van der Waals surface area contributed by atoms with Gasteiger partial charge in [0.25, 0.3) is 0 Å². The second-order valence-electron chi connectivity index (χ2n) is 20.5. The van der Waals surface area contributed by atoms with E-state index in [0.717, 1.165) is 111 Å². The molecule has 5 nitrogen and oxygen atoms in total. The molecule has 388 valence electrons. The first-order chi connectivity index (χ1) is 40.6. The van der Waals surface area contributed by atoms with Gasteiger partial charge in [0.05, 0.1) is 22.7 Å². The van der Waals surface area contributed by atoms with E-state index >= 15 is 4.79 Å². The number of anilines is 12. The van der Waals surface area contributed by atoms with E-state index in [-0.39, 0.29) is 5.78 Å². The van der Waals surface area contributed by atoms with Crippen LogP contribution in [0.15, 0.2) is 328 Å². The summed E-state index contributed by atoms with van der Waals surface area (Å²) in [6.07, 6.45) is 0. The monoisotopic (exact) mass is 1050 g/mol. The first kappa shape index (κ1) is 49.3. The normalized spacial score (nSPS) is 11.2. The molecule has 5 heteroatoms. The van der Waals surface area contributed by atoms with Crippen molar-refractivity contribution in [2.45, 2.75) is 0 Å². The zero-order chi connectivity index (χ0) is 54.8. The van der Waals surface area contributed by atoms with Crippen LogP contribution in [0.25, 0.3) is 43.1 Å². The topological polar surface area (TPSA) is 30.0 Å². The molecule has 0 amide bonds. The molecule has 0 saturated carbocycles. The van der Waals surface area contributed by atoms with Gasteiger partial charge in [-0.25, -0.2) is 0 Å². The van der Waals surface area contributed by atoms with Gasteiger partial charge in [-0.2, -0.15) is 0 Å². The molecule has 14 rings (SSSR count). The molecule has 0 saturated heterocycles. The highest BCUT2D eigenvalue weighted by atomic mass is 16.1. The molecule has 0 atom stereocenters. The third kappa shape index (κ3) is 9.32. The second kappa shape index (κ2) is 21.7. The molecule has 0 aliphatic heterocycles. The fraction of sp³-hybridized carbons (Fsp3) is 0. The van der Waals surface area contributed by atoms with Crippen LogP contribution in [-0.2, 0) is 0 Å². The Morgan fingerprint density at radius 3 is 0.646 bits per heavy atom. The van der Waals surface area contributed by atoms with Crippen LogP contribution in [0.4, 0.5) is 68.2 Å². The number of fused-ring (bicyclic) bond motifs is 4. The van der Waals surface area contributed by atoms with Crippen LogP contribution in [0.1, 0.15) is 15.9 Å². The SMILES string of the molecule is O=C(c1cc(N(c2ccccc2)c2cccc3ccccc23)cc(N(c2ccccc2)c2cccc3ccccc23)c1)c1cc(N(c2ccccc2)c2cccc3ccccc23)cc(N(c2ccccc2)c2cccc3ccccc23)c1. The van der Waals surface area contributed by atoms with E-state index in [2.05, 4.69) is 323 Å². The summed E-state index contributed by atoms with van der Waals surface area (Å²) in [7, 11) is 0. The van der Waals surface area contributed by atoms with E-state index in [4.69, 9.17) is 0 Å². The highest BCUT2D eigenvalue weighted by Gasteiger charge is 2.27. The van der Waals surface area contributed by atoms with Crippen LogP contribution in [0.2, 0.25) is 0 Å². The van der Waals surface area contributed by atoms with E-state index in [9.17, 15) is 0 Å². The maximum atomic E-state index is 16.8. The van der Waals surface area contributed by atoms with Gasteiger partial charge in [-0.15, -0.1) is 0 Å². The van der Waals surface area contributed by atoms with Gasteiger partial charge in [-0.1, -0.05) is 218 Å². The molecular formula is C77H54N4O. The molecule has 0 heterocycles. The predicted octanol–water partition coefficient (Wildman–Crippen LogP) is 21.4. The van der Waals surface area contributed by atoms with E-state index in [1.165, 1.54) is 0 Å². The summed E-state index contributed by atoms with van der Waals surface area (Å²) >= 11 is 0. The molecule has 0 aliphatic rings. The second-order valence-corrected chi connectivity index (χ2v) is 20.5. The molecule has 0 unspecified atom stereocenters. The Bertz CT molecular complexity index is 4030. The summed E-state index contributed by atoms with van der Waals surface area (Å²) in [6, 6.07) is 115. The Balaban J connectivity index is 1.06. The highest BCUT2D eigenvalue weighted by molar-refractivity contribution is 6.13. The average Bonchev–Trinajstić information content (AvgIpc) is 3.70. The van der Waals surface area contributed by atoms with Crippen molar-refractivity contribution in [3.63, 3.8) is 0 Å². The number of hydrogen-bond acceptors (Lipinski definition) is 5. The minimum atomic E-state index is -0.139. The van der Waals surface area contributed by atoms with E-state index in [1.54, 1.807) is 0 Å². The van der Waals surface area contributed by atoms with Gasteiger partial charge in [0.2, 0.25) is 0 Å². The number of carbonyl (C=O) groups is 1. The van der Waals surface area contributed by atoms with Gasteiger partial charge < -0.3 is 19.6 Å². The first-order valence-electron chi connectivity index (χ1n) is 27.8. The lowest BCUT2D eigenvalue weighted by molar-refractivity contribution is 0.103. The van der Waals surface area contributed by atoms with Gasteiger partial charge in [0, 0.05) is 78.2 Å². The summed E-state index contributed by atoms with van der Waals surface area (Å²) in [4.78, 5) is 26.0. The van der Waals surface area contributed by atoms with E-state index in [0.29, 0.717) is 11.1 Å². The lowest BCUT2D eigenvalue weighted by Crippen LogP contribution is -2.17. The van der Waals surface area contributed by atoms with E-state index in [1.807, 2.05) is 24.3 Å². The summed E-state index contributed by atoms with van der Waals surface area (Å²) in [5.41, 5.74) is 12.1.